The molecule has 0 aliphatic carbocycles. The van der Waals surface area contributed by atoms with Crippen LogP contribution in [-0.2, 0) is 6.42 Å². The van der Waals surface area contributed by atoms with Crippen molar-refractivity contribution < 1.29 is 4.39 Å². The van der Waals surface area contributed by atoms with Crippen molar-refractivity contribution in [1.82, 2.24) is 0 Å². The number of rotatable bonds is 5. The van der Waals surface area contributed by atoms with Crippen LogP contribution in [0, 0.1) is 0 Å². The smallest absolute Gasteiger partial charge is 0.102 e. The first-order valence-corrected chi connectivity index (χ1v) is 4.71. The monoisotopic (exact) mass is 181 g/mol. The van der Waals surface area contributed by atoms with Gasteiger partial charge >= 0.3 is 0 Å². The normalized spacial score (nSPS) is 12.8. The second-order valence-corrected chi connectivity index (χ2v) is 3.20. The maximum absolute atomic E-state index is 13.0. The molecule has 0 aliphatic rings. The van der Waals surface area contributed by atoms with Crippen LogP contribution in [0.5, 0.6) is 0 Å². The van der Waals surface area contributed by atoms with Gasteiger partial charge in [-0.2, -0.15) is 0 Å². The lowest BCUT2D eigenvalue weighted by Gasteiger charge is -2.05. The molecule has 0 radical (unpaired) electrons. The Balaban J connectivity index is 2.27. The molecule has 1 rings (SSSR count). The van der Waals surface area contributed by atoms with Gasteiger partial charge in [0.15, 0.2) is 0 Å². The highest BCUT2D eigenvalue weighted by Crippen LogP contribution is 2.09. The van der Waals surface area contributed by atoms with Gasteiger partial charge in [0.2, 0.25) is 0 Å². The van der Waals surface area contributed by atoms with E-state index in [1.807, 2.05) is 30.3 Å². The first-order chi connectivity index (χ1) is 6.33. The summed E-state index contributed by atoms with van der Waals surface area (Å²) in [5, 5.41) is 0. The first-order valence-electron chi connectivity index (χ1n) is 4.71. The molecule has 1 atom stereocenters. The molecule has 0 saturated carbocycles. The van der Waals surface area contributed by atoms with Gasteiger partial charge in [-0.15, -0.1) is 0 Å². The lowest BCUT2D eigenvalue weighted by atomic mass is 10.1. The predicted molar refractivity (Wildman–Crippen MR) is 53.3 cm³/mol. The maximum Gasteiger partial charge on any atom is 0.102 e. The summed E-state index contributed by atoms with van der Waals surface area (Å²) in [6.07, 6.45) is 1.13. The van der Waals surface area contributed by atoms with E-state index in [-0.39, 0.29) is 0 Å². The number of nitrogens with two attached hydrogens (primary N) is 1. The molecule has 0 amide bonds. The maximum atomic E-state index is 13.0. The highest BCUT2D eigenvalue weighted by atomic mass is 19.1. The largest absolute Gasteiger partial charge is 0.330 e. The van der Waals surface area contributed by atoms with Gasteiger partial charge in [0.25, 0.3) is 0 Å². The van der Waals surface area contributed by atoms with Crippen molar-refractivity contribution in [3.05, 3.63) is 35.9 Å². The Morgan fingerprint density at radius 3 is 2.46 bits per heavy atom. The molecule has 0 fully saturated rings. The lowest BCUT2D eigenvalue weighted by Crippen LogP contribution is -2.09. The zero-order valence-corrected chi connectivity index (χ0v) is 7.75. The highest BCUT2D eigenvalue weighted by molar-refractivity contribution is 5.14. The van der Waals surface area contributed by atoms with Crippen LogP contribution < -0.4 is 5.73 Å². The number of alkyl halides is 1. The van der Waals surface area contributed by atoms with Gasteiger partial charge in [0, 0.05) is 0 Å². The average Bonchev–Trinajstić information content (AvgIpc) is 2.17. The summed E-state index contributed by atoms with van der Waals surface area (Å²) in [5.41, 5.74) is 6.45. The number of hydrogen-bond acceptors (Lipinski definition) is 1. The van der Waals surface area contributed by atoms with Gasteiger partial charge in [-0.1, -0.05) is 30.3 Å². The van der Waals surface area contributed by atoms with Gasteiger partial charge in [-0.3, -0.25) is 0 Å². The molecule has 2 heteroatoms. The Kier molecular flexibility index (Phi) is 4.47. The van der Waals surface area contributed by atoms with E-state index in [0.717, 1.165) is 6.42 Å². The summed E-state index contributed by atoms with van der Waals surface area (Å²) in [5.74, 6) is 0. The third-order valence-electron chi connectivity index (χ3n) is 2.07. The van der Waals surface area contributed by atoms with E-state index in [1.165, 1.54) is 5.56 Å². The fraction of sp³-hybridized carbons (Fsp3) is 0.455. The highest BCUT2D eigenvalue weighted by Gasteiger charge is 2.04. The van der Waals surface area contributed by atoms with Crippen LogP contribution in [0.15, 0.2) is 30.3 Å². The van der Waals surface area contributed by atoms with Crippen molar-refractivity contribution in [2.75, 3.05) is 6.54 Å². The fourth-order valence-electron chi connectivity index (χ4n) is 1.29. The molecular formula is C11H16FN. The Labute approximate surface area is 78.8 Å². The molecule has 0 aliphatic heterocycles. The molecule has 72 valence electrons. The van der Waals surface area contributed by atoms with Gasteiger partial charge in [0.05, 0.1) is 0 Å². The van der Waals surface area contributed by atoms with E-state index in [4.69, 9.17) is 5.73 Å². The predicted octanol–water partition coefficient (Wildman–Crippen LogP) is 2.31. The molecule has 1 aromatic carbocycles. The van der Waals surface area contributed by atoms with E-state index in [9.17, 15) is 4.39 Å². The minimum Gasteiger partial charge on any atom is -0.330 e. The molecule has 0 saturated heterocycles. The number of benzene rings is 1. The number of halogens is 1. The summed E-state index contributed by atoms with van der Waals surface area (Å²) >= 11 is 0. The van der Waals surface area contributed by atoms with E-state index in [1.54, 1.807) is 0 Å². The third kappa shape index (κ3) is 4.04. The van der Waals surface area contributed by atoms with Crippen molar-refractivity contribution in [2.45, 2.75) is 25.4 Å². The summed E-state index contributed by atoms with van der Waals surface area (Å²) in [6, 6.07) is 9.97. The van der Waals surface area contributed by atoms with Crippen LogP contribution in [0.3, 0.4) is 0 Å². The molecular weight excluding hydrogens is 165 g/mol. The zero-order valence-electron chi connectivity index (χ0n) is 7.75. The zero-order chi connectivity index (χ0) is 9.52. The van der Waals surface area contributed by atoms with Crippen molar-refractivity contribution in [3.8, 4) is 0 Å². The average molecular weight is 181 g/mol. The second-order valence-electron chi connectivity index (χ2n) is 3.20. The summed E-state index contributed by atoms with van der Waals surface area (Å²) < 4.78 is 13.0. The molecule has 0 spiro atoms. The third-order valence-corrected chi connectivity index (χ3v) is 2.07. The minimum absolute atomic E-state index is 0.440. The standard InChI is InChI=1S/C11H16FN/c12-11(8-9-13)7-6-10-4-2-1-3-5-10/h1-5,11H,6-9,13H2. The van der Waals surface area contributed by atoms with Crippen LogP contribution in [-0.4, -0.2) is 12.7 Å². The molecule has 1 aromatic rings. The van der Waals surface area contributed by atoms with Gasteiger partial charge in [0.1, 0.15) is 6.17 Å². The van der Waals surface area contributed by atoms with E-state index in [2.05, 4.69) is 0 Å². The second kappa shape index (κ2) is 5.70. The Bertz CT molecular complexity index is 223. The van der Waals surface area contributed by atoms with Crippen LogP contribution in [0.4, 0.5) is 4.39 Å². The SMILES string of the molecule is NCCC(F)CCc1ccccc1. The lowest BCUT2D eigenvalue weighted by molar-refractivity contribution is 0.300. The quantitative estimate of drug-likeness (QED) is 0.741. The van der Waals surface area contributed by atoms with Crippen LogP contribution in [0.1, 0.15) is 18.4 Å². The fourth-order valence-corrected chi connectivity index (χ4v) is 1.29. The molecule has 0 aromatic heterocycles. The number of hydrogen-bond donors (Lipinski definition) is 1. The van der Waals surface area contributed by atoms with Gasteiger partial charge in [-0.25, -0.2) is 4.39 Å². The molecule has 1 unspecified atom stereocenters. The van der Waals surface area contributed by atoms with Crippen molar-refractivity contribution in [2.24, 2.45) is 5.73 Å². The van der Waals surface area contributed by atoms with Crippen molar-refractivity contribution >= 4 is 0 Å². The molecule has 2 N–H and O–H groups in total. The Hall–Kier alpha value is -0.890. The minimum atomic E-state index is -0.745. The summed E-state index contributed by atoms with van der Waals surface area (Å²) in [4.78, 5) is 0. The molecule has 1 nitrogen and oxygen atoms in total. The van der Waals surface area contributed by atoms with Crippen LogP contribution in [0.25, 0.3) is 0 Å². The molecule has 0 bridgehead atoms. The number of aryl methyl sites for hydroxylation is 1. The Morgan fingerprint density at radius 1 is 1.15 bits per heavy atom. The van der Waals surface area contributed by atoms with Crippen LogP contribution >= 0.6 is 0 Å². The van der Waals surface area contributed by atoms with E-state index >= 15 is 0 Å². The van der Waals surface area contributed by atoms with Crippen LogP contribution in [0.2, 0.25) is 0 Å². The van der Waals surface area contributed by atoms with Crippen molar-refractivity contribution in [3.63, 3.8) is 0 Å². The van der Waals surface area contributed by atoms with E-state index in [0.29, 0.717) is 19.4 Å². The summed E-state index contributed by atoms with van der Waals surface area (Å²) in [6.45, 7) is 0.440. The van der Waals surface area contributed by atoms with Gasteiger partial charge < -0.3 is 5.73 Å². The topological polar surface area (TPSA) is 26.0 Å². The van der Waals surface area contributed by atoms with Crippen molar-refractivity contribution in [1.29, 1.82) is 0 Å². The molecule has 13 heavy (non-hydrogen) atoms. The summed E-state index contributed by atoms with van der Waals surface area (Å²) in [7, 11) is 0. The van der Waals surface area contributed by atoms with E-state index < -0.39 is 6.17 Å². The Morgan fingerprint density at radius 2 is 1.85 bits per heavy atom. The van der Waals surface area contributed by atoms with Gasteiger partial charge in [-0.05, 0) is 31.4 Å². The molecule has 0 heterocycles. The first kappa shape index (κ1) is 10.2.